The SMILES string of the molecule is Nc1ncc(-c2nc(N3CCOCC3)nc3c2CCN3c2ccc(C(=O)NCc3ccncc3)cc2)cn1. The van der Waals surface area contributed by atoms with Gasteiger partial charge in [0, 0.05) is 73.3 Å². The Hall–Kier alpha value is -4.64. The Morgan fingerprint density at radius 2 is 1.71 bits per heavy atom. The van der Waals surface area contributed by atoms with Gasteiger partial charge in [0.1, 0.15) is 5.82 Å². The highest BCUT2D eigenvalue weighted by atomic mass is 16.5. The van der Waals surface area contributed by atoms with Gasteiger partial charge >= 0.3 is 0 Å². The Morgan fingerprint density at radius 3 is 2.45 bits per heavy atom. The van der Waals surface area contributed by atoms with Crippen LogP contribution >= 0.6 is 0 Å². The van der Waals surface area contributed by atoms with E-state index in [1.54, 1.807) is 24.8 Å². The van der Waals surface area contributed by atoms with Gasteiger partial charge in [-0.15, -0.1) is 0 Å². The van der Waals surface area contributed by atoms with Crippen LogP contribution in [0.25, 0.3) is 11.3 Å². The molecule has 5 heterocycles. The lowest BCUT2D eigenvalue weighted by Gasteiger charge is -2.28. The molecule has 2 aliphatic heterocycles. The summed E-state index contributed by atoms with van der Waals surface area (Å²) in [6.45, 7) is 3.90. The number of nitrogens with one attached hydrogen (secondary N) is 1. The molecule has 1 aromatic carbocycles. The number of nitrogens with two attached hydrogens (primary N) is 1. The second-order valence-electron chi connectivity index (χ2n) is 9.09. The van der Waals surface area contributed by atoms with Gasteiger partial charge in [-0.05, 0) is 48.4 Å². The third-order valence-electron chi connectivity index (χ3n) is 6.70. The van der Waals surface area contributed by atoms with Crippen LogP contribution in [0.2, 0.25) is 0 Å². The molecule has 192 valence electrons. The summed E-state index contributed by atoms with van der Waals surface area (Å²) in [7, 11) is 0. The third-order valence-corrected chi connectivity index (χ3v) is 6.70. The normalized spacial score (nSPS) is 14.8. The van der Waals surface area contributed by atoms with Crippen LogP contribution in [0.15, 0.2) is 61.2 Å². The zero-order chi connectivity index (χ0) is 25.9. The predicted molar refractivity (Wildman–Crippen MR) is 143 cm³/mol. The number of aromatic nitrogens is 5. The van der Waals surface area contributed by atoms with E-state index in [9.17, 15) is 4.79 Å². The Labute approximate surface area is 219 Å². The van der Waals surface area contributed by atoms with Gasteiger partial charge in [-0.3, -0.25) is 9.78 Å². The number of anilines is 4. The number of ether oxygens (including phenoxy) is 1. The zero-order valence-corrected chi connectivity index (χ0v) is 20.7. The van der Waals surface area contributed by atoms with E-state index in [-0.39, 0.29) is 11.9 Å². The average Bonchev–Trinajstić information content (AvgIpc) is 3.41. The van der Waals surface area contributed by atoms with Crippen LogP contribution < -0.4 is 20.9 Å². The first-order chi connectivity index (χ1) is 18.7. The summed E-state index contributed by atoms with van der Waals surface area (Å²) in [5, 5.41) is 2.96. The predicted octanol–water partition coefficient (Wildman–Crippen LogP) is 2.37. The number of fused-ring (bicyclic) bond motifs is 1. The molecular formula is C27H27N9O2. The van der Waals surface area contributed by atoms with Gasteiger partial charge in [-0.25, -0.2) is 15.0 Å². The van der Waals surface area contributed by atoms with Gasteiger partial charge in [0.2, 0.25) is 11.9 Å². The maximum atomic E-state index is 12.7. The van der Waals surface area contributed by atoms with E-state index < -0.39 is 0 Å². The summed E-state index contributed by atoms with van der Waals surface area (Å²) in [5.74, 6) is 1.60. The number of nitrogen functional groups attached to an aromatic ring is 1. The monoisotopic (exact) mass is 509 g/mol. The minimum Gasteiger partial charge on any atom is -0.378 e. The average molecular weight is 510 g/mol. The van der Waals surface area contributed by atoms with E-state index in [4.69, 9.17) is 20.4 Å². The maximum Gasteiger partial charge on any atom is 0.251 e. The number of hydrogen-bond donors (Lipinski definition) is 2. The molecule has 11 heteroatoms. The smallest absolute Gasteiger partial charge is 0.251 e. The van der Waals surface area contributed by atoms with Crippen molar-refractivity contribution >= 4 is 29.3 Å². The van der Waals surface area contributed by atoms with E-state index in [0.717, 1.165) is 59.9 Å². The van der Waals surface area contributed by atoms with Gasteiger partial charge in [-0.2, -0.15) is 4.98 Å². The number of carbonyl (C=O) groups excluding carboxylic acids is 1. The molecule has 0 radical (unpaired) electrons. The van der Waals surface area contributed by atoms with Crippen molar-refractivity contribution in [2.45, 2.75) is 13.0 Å². The first-order valence-electron chi connectivity index (χ1n) is 12.5. The van der Waals surface area contributed by atoms with Gasteiger partial charge in [0.25, 0.3) is 5.91 Å². The van der Waals surface area contributed by atoms with Crippen molar-refractivity contribution in [3.8, 4) is 11.3 Å². The topological polar surface area (TPSA) is 135 Å². The fourth-order valence-electron chi connectivity index (χ4n) is 4.68. The third kappa shape index (κ3) is 4.83. The molecule has 0 spiro atoms. The molecule has 1 fully saturated rings. The molecule has 3 N–H and O–H groups in total. The number of morpholine rings is 1. The Bertz CT molecular complexity index is 1420. The highest BCUT2D eigenvalue weighted by Crippen LogP contribution is 2.39. The highest BCUT2D eigenvalue weighted by molar-refractivity contribution is 5.94. The zero-order valence-electron chi connectivity index (χ0n) is 20.7. The van der Waals surface area contributed by atoms with Crippen LogP contribution in [-0.2, 0) is 17.7 Å². The molecule has 0 aliphatic carbocycles. The van der Waals surface area contributed by atoms with Crippen LogP contribution in [0.3, 0.4) is 0 Å². The first-order valence-corrected chi connectivity index (χ1v) is 12.5. The number of nitrogens with zero attached hydrogens (tertiary/aromatic N) is 7. The Morgan fingerprint density at radius 1 is 0.974 bits per heavy atom. The lowest BCUT2D eigenvalue weighted by molar-refractivity contribution is 0.0951. The van der Waals surface area contributed by atoms with Gasteiger partial charge in [0.15, 0.2) is 0 Å². The Kier molecular flexibility index (Phi) is 6.49. The van der Waals surface area contributed by atoms with Crippen molar-refractivity contribution < 1.29 is 9.53 Å². The van der Waals surface area contributed by atoms with Crippen LogP contribution in [0.1, 0.15) is 21.5 Å². The van der Waals surface area contributed by atoms with Crippen LogP contribution in [0.5, 0.6) is 0 Å². The molecule has 0 saturated carbocycles. The number of pyridine rings is 1. The van der Waals surface area contributed by atoms with Gasteiger partial charge < -0.3 is 25.6 Å². The molecule has 0 bridgehead atoms. The summed E-state index contributed by atoms with van der Waals surface area (Å²) < 4.78 is 5.53. The molecule has 3 aromatic heterocycles. The minimum atomic E-state index is -0.127. The lowest BCUT2D eigenvalue weighted by Crippen LogP contribution is -2.37. The molecule has 6 rings (SSSR count). The molecule has 11 nitrogen and oxygen atoms in total. The Balaban J connectivity index is 1.28. The summed E-state index contributed by atoms with van der Waals surface area (Å²) >= 11 is 0. The number of hydrogen-bond acceptors (Lipinski definition) is 10. The van der Waals surface area contributed by atoms with Crippen LogP contribution in [-0.4, -0.2) is 63.7 Å². The molecular weight excluding hydrogens is 482 g/mol. The molecule has 4 aromatic rings. The second kappa shape index (κ2) is 10.4. The van der Waals surface area contributed by atoms with Gasteiger partial charge in [0.05, 0.1) is 18.9 Å². The fraction of sp³-hybridized carbons (Fsp3) is 0.259. The summed E-state index contributed by atoms with van der Waals surface area (Å²) in [5.41, 5.74) is 10.9. The highest BCUT2D eigenvalue weighted by Gasteiger charge is 2.29. The van der Waals surface area contributed by atoms with Crippen molar-refractivity contribution in [3.05, 3.63) is 77.9 Å². The van der Waals surface area contributed by atoms with E-state index in [0.29, 0.717) is 31.3 Å². The van der Waals surface area contributed by atoms with Gasteiger partial charge in [-0.1, -0.05) is 0 Å². The number of benzene rings is 1. The summed E-state index contributed by atoms with van der Waals surface area (Å²) in [4.78, 5) is 39.3. The van der Waals surface area contributed by atoms with E-state index in [1.807, 2.05) is 36.4 Å². The van der Waals surface area contributed by atoms with Crippen molar-refractivity contribution in [2.24, 2.45) is 0 Å². The van der Waals surface area contributed by atoms with Crippen molar-refractivity contribution in [3.63, 3.8) is 0 Å². The number of rotatable bonds is 6. The van der Waals surface area contributed by atoms with Crippen molar-refractivity contribution in [1.82, 2.24) is 30.2 Å². The molecule has 1 amide bonds. The molecule has 1 saturated heterocycles. The maximum absolute atomic E-state index is 12.7. The first kappa shape index (κ1) is 23.7. The standard InChI is InChI=1S/C27H27N9O2/c28-26-31-16-20(17-32-26)23-22-7-10-36(24(22)34-27(33-23)35-11-13-38-14-12-35)21-3-1-19(2-4-21)25(37)30-15-18-5-8-29-9-6-18/h1-6,8-9,16-17H,7,10-15H2,(H,30,37)(H2,28,31,32). The van der Waals surface area contributed by atoms with Crippen molar-refractivity contribution in [2.75, 3.05) is 48.4 Å². The van der Waals surface area contributed by atoms with E-state index >= 15 is 0 Å². The molecule has 0 atom stereocenters. The van der Waals surface area contributed by atoms with Crippen molar-refractivity contribution in [1.29, 1.82) is 0 Å². The van der Waals surface area contributed by atoms with E-state index in [1.165, 1.54) is 0 Å². The lowest BCUT2D eigenvalue weighted by atomic mass is 10.1. The summed E-state index contributed by atoms with van der Waals surface area (Å²) in [6, 6.07) is 11.4. The number of amides is 1. The van der Waals surface area contributed by atoms with Crippen LogP contribution in [0.4, 0.5) is 23.4 Å². The second-order valence-corrected chi connectivity index (χ2v) is 9.09. The molecule has 2 aliphatic rings. The fourth-order valence-corrected chi connectivity index (χ4v) is 4.68. The molecule has 0 unspecified atom stereocenters. The molecule has 38 heavy (non-hydrogen) atoms. The quantitative estimate of drug-likeness (QED) is 0.399. The number of carbonyl (C=O) groups is 1. The minimum absolute atomic E-state index is 0.127. The van der Waals surface area contributed by atoms with E-state index in [2.05, 4.69) is 30.1 Å². The van der Waals surface area contributed by atoms with Crippen LogP contribution in [0, 0.1) is 0 Å². The summed E-state index contributed by atoms with van der Waals surface area (Å²) in [6.07, 6.45) is 7.60. The largest absolute Gasteiger partial charge is 0.378 e.